The quantitative estimate of drug-likeness (QED) is 0.722. The van der Waals surface area contributed by atoms with Gasteiger partial charge in [-0.15, -0.1) is 11.3 Å². The number of rotatable bonds is 3. The maximum atomic E-state index is 9.54. The second-order valence-electron chi connectivity index (χ2n) is 4.67. The van der Waals surface area contributed by atoms with Gasteiger partial charge in [0.15, 0.2) is 0 Å². The smallest absolute Gasteiger partial charge is 0.227 e. The molecule has 6 heteroatoms. The summed E-state index contributed by atoms with van der Waals surface area (Å²) in [4.78, 5) is 14.2. The lowest BCUT2D eigenvalue weighted by molar-refractivity contribution is 0.471. The van der Waals surface area contributed by atoms with E-state index in [4.69, 9.17) is 0 Å². The van der Waals surface area contributed by atoms with Gasteiger partial charge in [-0.3, -0.25) is 0 Å². The molecular weight excluding hydrogens is 284 g/mol. The van der Waals surface area contributed by atoms with Crippen LogP contribution in [-0.4, -0.2) is 20.1 Å². The summed E-state index contributed by atoms with van der Waals surface area (Å²) in [5.41, 5.74) is 2.42. The summed E-state index contributed by atoms with van der Waals surface area (Å²) in [6.07, 6.45) is 3.53. The van der Waals surface area contributed by atoms with Crippen molar-refractivity contribution in [3.63, 3.8) is 0 Å². The standard InChI is InChI=1S/C15H14N4OS/c1-9-7-11(3-4-13(9)20)18-15-16-6-5-12(19-15)14-17-8-10(2)21-14/h3-8,20H,1-2H3,(H,16,18,19). The molecule has 0 aliphatic heterocycles. The van der Waals surface area contributed by atoms with Crippen molar-refractivity contribution in [2.45, 2.75) is 13.8 Å². The van der Waals surface area contributed by atoms with Crippen LogP contribution in [0.15, 0.2) is 36.7 Å². The highest BCUT2D eigenvalue weighted by Gasteiger charge is 2.07. The molecule has 0 aliphatic carbocycles. The van der Waals surface area contributed by atoms with Crippen LogP contribution in [0.4, 0.5) is 11.6 Å². The third kappa shape index (κ3) is 3.00. The molecule has 5 nitrogen and oxygen atoms in total. The van der Waals surface area contributed by atoms with Crippen molar-refractivity contribution in [3.05, 3.63) is 47.1 Å². The number of anilines is 2. The second-order valence-corrected chi connectivity index (χ2v) is 5.90. The molecule has 2 aromatic heterocycles. The van der Waals surface area contributed by atoms with E-state index in [0.717, 1.165) is 26.8 Å². The molecule has 2 heterocycles. The molecule has 0 amide bonds. The number of phenols is 1. The zero-order chi connectivity index (χ0) is 14.8. The molecule has 0 fully saturated rings. The Morgan fingerprint density at radius 1 is 1.14 bits per heavy atom. The molecule has 2 N–H and O–H groups in total. The fraction of sp³-hybridized carbons (Fsp3) is 0.133. The van der Waals surface area contributed by atoms with Crippen LogP contribution < -0.4 is 5.32 Å². The van der Waals surface area contributed by atoms with Crippen molar-refractivity contribution in [2.75, 3.05) is 5.32 Å². The number of hydrogen-bond donors (Lipinski definition) is 2. The first-order valence-electron chi connectivity index (χ1n) is 6.44. The lowest BCUT2D eigenvalue weighted by Gasteiger charge is -2.07. The number of nitrogens with one attached hydrogen (secondary N) is 1. The van der Waals surface area contributed by atoms with Gasteiger partial charge in [0.2, 0.25) is 5.95 Å². The fourth-order valence-electron chi connectivity index (χ4n) is 1.87. The topological polar surface area (TPSA) is 70.9 Å². The van der Waals surface area contributed by atoms with Gasteiger partial charge < -0.3 is 10.4 Å². The average molecular weight is 298 g/mol. The number of aromatic hydroxyl groups is 1. The zero-order valence-electron chi connectivity index (χ0n) is 11.7. The number of aromatic nitrogens is 3. The molecule has 0 spiro atoms. The first-order chi connectivity index (χ1) is 10.1. The SMILES string of the molecule is Cc1cnc(-c2ccnc(Nc3ccc(O)c(C)c3)n2)s1. The lowest BCUT2D eigenvalue weighted by atomic mass is 10.2. The van der Waals surface area contributed by atoms with Crippen LogP contribution in [0.25, 0.3) is 10.7 Å². The van der Waals surface area contributed by atoms with Crippen LogP contribution in [0.1, 0.15) is 10.4 Å². The molecule has 106 valence electrons. The minimum absolute atomic E-state index is 0.272. The van der Waals surface area contributed by atoms with Gasteiger partial charge in [0.1, 0.15) is 16.5 Å². The van der Waals surface area contributed by atoms with Gasteiger partial charge in [-0.2, -0.15) is 0 Å². The van der Waals surface area contributed by atoms with Crippen molar-refractivity contribution in [1.29, 1.82) is 0 Å². The zero-order valence-corrected chi connectivity index (χ0v) is 12.5. The van der Waals surface area contributed by atoms with Gasteiger partial charge >= 0.3 is 0 Å². The summed E-state index contributed by atoms with van der Waals surface area (Å²) in [6, 6.07) is 7.11. The van der Waals surface area contributed by atoms with Crippen LogP contribution in [0.5, 0.6) is 5.75 Å². The minimum atomic E-state index is 0.272. The Balaban J connectivity index is 1.87. The van der Waals surface area contributed by atoms with Crippen molar-refractivity contribution in [3.8, 4) is 16.5 Å². The van der Waals surface area contributed by atoms with E-state index < -0.39 is 0 Å². The Kier molecular flexibility index (Phi) is 3.53. The normalized spacial score (nSPS) is 10.6. The Bertz CT molecular complexity index is 785. The minimum Gasteiger partial charge on any atom is -0.508 e. The van der Waals surface area contributed by atoms with Crippen molar-refractivity contribution < 1.29 is 5.11 Å². The Labute approximate surface area is 126 Å². The number of hydrogen-bond acceptors (Lipinski definition) is 6. The third-order valence-corrected chi connectivity index (χ3v) is 3.88. The third-order valence-electron chi connectivity index (χ3n) is 2.95. The molecule has 1 aromatic carbocycles. The van der Waals surface area contributed by atoms with E-state index in [9.17, 15) is 5.11 Å². The maximum absolute atomic E-state index is 9.54. The molecule has 0 unspecified atom stereocenters. The van der Waals surface area contributed by atoms with Gasteiger partial charge in [-0.1, -0.05) is 0 Å². The monoisotopic (exact) mass is 298 g/mol. The molecule has 0 bridgehead atoms. The first kappa shape index (κ1) is 13.5. The first-order valence-corrected chi connectivity index (χ1v) is 7.26. The summed E-state index contributed by atoms with van der Waals surface area (Å²) in [6.45, 7) is 3.86. The number of nitrogens with zero attached hydrogens (tertiary/aromatic N) is 3. The summed E-state index contributed by atoms with van der Waals surface area (Å²) in [5.74, 6) is 0.777. The highest BCUT2D eigenvalue weighted by atomic mass is 32.1. The molecule has 3 aromatic rings. The summed E-state index contributed by atoms with van der Waals surface area (Å²) in [5, 5.41) is 13.5. The number of thiazole rings is 1. The Hall–Kier alpha value is -2.47. The van der Waals surface area contributed by atoms with Crippen molar-refractivity contribution >= 4 is 23.0 Å². The number of aryl methyl sites for hydroxylation is 2. The highest BCUT2D eigenvalue weighted by Crippen LogP contribution is 2.25. The van der Waals surface area contributed by atoms with Crippen molar-refractivity contribution in [2.24, 2.45) is 0 Å². The molecular formula is C15H14N4OS. The summed E-state index contributed by atoms with van der Waals surface area (Å²) >= 11 is 1.60. The summed E-state index contributed by atoms with van der Waals surface area (Å²) in [7, 11) is 0. The lowest BCUT2D eigenvalue weighted by Crippen LogP contribution is -1.98. The van der Waals surface area contributed by atoms with Crippen LogP contribution >= 0.6 is 11.3 Å². The van der Waals surface area contributed by atoms with Crippen LogP contribution in [0, 0.1) is 13.8 Å². The van der Waals surface area contributed by atoms with Crippen LogP contribution in [0.3, 0.4) is 0 Å². The second kappa shape index (κ2) is 5.49. The van der Waals surface area contributed by atoms with Gasteiger partial charge in [0.25, 0.3) is 0 Å². The molecule has 3 rings (SSSR count). The molecule has 0 saturated carbocycles. The van der Waals surface area contributed by atoms with Gasteiger partial charge in [-0.05, 0) is 43.7 Å². The Morgan fingerprint density at radius 2 is 2.00 bits per heavy atom. The molecule has 0 atom stereocenters. The summed E-state index contributed by atoms with van der Waals surface area (Å²) < 4.78 is 0. The predicted molar refractivity (Wildman–Crippen MR) is 84.0 cm³/mol. The van der Waals surface area contributed by atoms with Gasteiger partial charge in [0, 0.05) is 23.0 Å². The predicted octanol–water partition coefficient (Wildman–Crippen LogP) is 3.67. The number of benzene rings is 1. The van der Waals surface area contributed by atoms with Crippen LogP contribution in [-0.2, 0) is 0 Å². The number of phenolic OH excluding ortho intramolecular Hbond substituents is 1. The fourth-order valence-corrected chi connectivity index (χ4v) is 2.61. The van der Waals surface area contributed by atoms with E-state index in [0.29, 0.717) is 5.95 Å². The molecule has 0 radical (unpaired) electrons. The van der Waals surface area contributed by atoms with Gasteiger partial charge in [0.05, 0.1) is 0 Å². The molecule has 0 aliphatic rings. The molecule has 0 saturated heterocycles. The largest absolute Gasteiger partial charge is 0.508 e. The van der Waals surface area contributed by atoms with Gasteiger partial charge in [-0.25, -0.2) is 15.0 Å². The van der Waals surface area contributed by atoms with E-state index >= 15 is 0 Å². The van der Waals surface area contributed by atoms with E-state index in [1.807, 2.05) is 32.2 Å². The van der Waals surface area contributed by atoms with E-state index in [1.54, 1.807) is 29.7 Å². The van der Waals surface area contributed by atoms with Crippen LogP contribution in [0.2, 0.25) is 0 Å². The van der Waals surface area contributed by atoms with E-state index in [-0.39, 0.29) is 5.75 Å². The average Bonchev–Trinajstić information content (AvgIpc) is 2.90. The Morgan fingerprint density at radius 3 is 2.71 bits per heavy atom. The maximum Gasteiger partial charge on any atom is 0.227 e. The van der Waals surface area contributed by atoms with E-state index in [2.05, 4.69) is 20.3 Å². The highest BCUT2D eigenvalue weighted by molar-refractivity contribution is 7.14. The molecule has 21 heavy (non-hydrogen) atoms. The van der Waals surface area contributed by atoms with E-state index in [1.165, 1.54) is 0 Å². The van der Waals surface area contributed by atoms with Crippen molar-refractivity contribution in [1.82, 2.24) is 15.0 Å².